The maximum Gasteiger partial charge on any atom is 0.239 e. The first-order chi connectivity index (χ1) is 8.54. The van der Waals surface area contributed by atoms with Crippen LogP contribution in [0.5, 0.6) is 0 Å². The fourth-order valence-corrected chi connectivity index (χ4v) is 2.90. The van der Waals surface area contributed by atoms with Gasteiger partial charge in [0.1, 0.15) is 4.32 Å². The summed E-state index contributed by atoms with van der Waals surface area (Å²) in [4.78, 5) is 23.2. The number of nitrogens with one attached hydrogen (secondary N) is 2. The van der Waals surface area contributed by atoms with Crippen molar-refractivity contribution in [3.05, 3.63) is 29.8 Å². The van der Waals surface area contributed by atoms with Crippen molar-refractivity contribution in [2.75, 3.05) is 5.32 Å². The maximum atomic E-state index is 11.8. The highest BCUT2D eigenvalue weighted by atomic mass is 32.2. The smallest absolute Gasteiger partial charge is 0.239 e. The molecule has 0 radical (unpaired) electrons. The Kier molecular flexibility index (Phi) is 3.98. The van der Waals surface area contributed by atoms with Crippen LogP contribution in [-0.4, -0.2) is 21.4 Å². The van der Waals surface area contributed by atoms with Gasteiger partial charge in [-0.3, -0.25) is 9.59 Å². The number of hydrogen-bond donors (Lipinski definition) is 2. The van der Waals surface area contributed by atoms with Gasteiger partial charge in [-0.1, -0.05) is 36.1 Å². The molecule has 18 heavy (non-hydrogen) atoms. The second-order valence-electron chi connectivity index (χ2n) is 4.00. The number of hydrogen-bond acceptors (Lipinski definition) is 4. The molecule has 0 spiro atoms. The number of carbonyl (C=O) groups excluding carboxylic acids is 2. The van der Waals surface area contributed by atoms with Crippen molar-refractivity contribution in [1.29, 1.82) is 0 Å². The molecular formula is C12H12N2O2S2. The highest BCUT2D eigenvalue weighted by molar-refractivity contribution is 8.24. The van der Waals surface area contributed by atoms with Gasteiger partial charge in [-0.15, -0.1) is 0 Å². The zero-order valence-corrected chi connectivity index (χ0v) is 11.4. The van der Waals surface area contributed by atoms with Crippen LogP contribution >= 0.6 is 24.0 Å². The number of anilines is 1. The predicted molar refractivity (Wildman–Crippen MR) is 76.5 cm³/mol. The van der Waals surface area contributed by atoms with E-state index in [9.17, 15) is 9.59 Å². The van der Waals surface area contributed by atoms with Gasteiger partial charge in [0.25, 0.3) is 0 Å². The normalized spacial score (nSPS) is 18.6. The quantitative estimate of drug-likeness (QED) is 0.830. The summed E-state index contributed by atoms with van der Waals surface area (Å²) in [6.07, 6.45) is 0.130. The van der Waals surface area contributed by atoms with Gasteiger partial charge in [-0.25, -0.2) is 0 Å². The minimum absolute atomic E-state index is 0.130. The molecule has 0 bridgehead atoms. The van der Waals surface area contributed by atoms with Crippen molar-refractivity contribution in [3.8, 4) is 0 Å². The van der Waals surface area contributed by atoms with Crippen LogP contribution in [0.15, 0.2) is 24.3 Å². The molecule has 94 valence electrons. The van der Waals surface area contributed by atoms with Gasteiger partial charge >= 0.3 is 0 Å². The molecule has 1 heterocycles. The summed E-state index contributed by atoms with van der Waals surface area (Å²) >= 11 is 6.10. The molecule has 0 unspecified atom stereocenters. The molecule has 1 aromatic rings. The summed E-state index contributed by atoms with van der Waals surface area (Å²) in [6.45, 7) is 1.95. The van der Waals surface area contributed by atoms with Gasteiger partial charge in [0, 0.05) is 12.1 Å². The molecule has 2 amide bonds. The van der Waals surface area contributed by atoms with Crippen LogP contribution in [0.2, 0.25) is 0 Å². The van der Waals surface area contributed by atoms with E-state index < -0.39 is 5.25 Å². The number of thioether (sulfide) groups is 1. The number of thiocarbonyl (C=S) groups is 1. The van der Waals surface area contributed by atoms with E-state index in [2.05, 4.69) is 10.6 Å². The van der Waals surface area contributed by atoms with Crippen LogP contribution in [0.3, 0.4) is 0 Å². The lowest BCUT2D eigenvalue weighted by Crippen LogP contribution is -2.27. The SMILES string of the molecule is Cc1cccc(NC(=O)C[C@@H]2SC(=S)NC2=O)c1. The van der Waals surface area contributed by atoms with E-state index in [1.165, 1.54) is 11.8 Å². The molecule has 1 aromatic carbocycles. The summed E-state index contributed by atoms with van der Waals surface area (Å²) < 4.78 is 0.438. The second-order valence-corrected chi connectivity index (χ2v) is 5.88. The lowest BCUT2D eigenvalue weighted by molar-refractivity contribution is -0.122. The predicted octanol–water partition coefficient (Wildman–Crippen LogP) is 1.84. The first kappa shape index (κ1) is 13.0. The molecular weight excluding hydrogens is 268 g/mol. The minimum Gasteiger partial charge on any atom is -0.326 e. The van der Waals surface area contributed by atoms with Crippen molar-refractivity contribution in [1.82, 2.24) is 5.32 Å². The Bertz CT molecular complexity index is 517. The van der Waals surface area contributed by atoms with E-state index >= 15 is 0 Å². The van der Waals surface area contributed by atoms with Crippen LogP contribution in [0.1, 0.15) is 12.0 Å². The molecule has 1 fully saturated rings. The summed E-state index contributed by atoms with van der Waals surface area (Å²) in [5, 5.41) is 4.88. The van der Waals surface area contributed by atoms with E-state index in [0.29, 0.717) is 4.32 Å². The number of carbonyl (C=O) groups is 2. The van der Waals surface area contributed by atoms with E-state index in [0.717, 1.165) is 11.3 Å². The third kappa shape index (κ3) is 3.30. The lowest BCUT2D eigenvalue weighted by atomic mass is 10.2. The first-order valence-electron chi connectivity index (χ1n) is 5.42. The maximum absolute atomic E-state index is 11.8. The molecule has 1 aliphatic heterocycles. The van der Waals surface area contributed by atoms with Gasteiger partial charge < -0.3 is 10.6 Å². The molecule has 2 rings (SSSR count). The highest BCUT2D eigenvalue weighted by Gasteiger charge is 2.30. The van der Waals surface area contributed by atoms with Gasteiger partial charge in [-0.2, -0.15) is 0 Å². The highest BCUT2D eigenvalue weighted by Crippen LogP contribution is 2.22. The number of rotatable bonds is 3. The van der Waals surface area contributed by atoms with E-state index in [4.69, 9.17) is 12.2 Å². The van der Waals surface area contributed by atoms with Crippen molar-refractivity contribution in [3.63, 3.8) is 0 Å². The van der Waals surface area contributed by atoms with Crippen LogP contribution in [0, 0.1) is 6.92 Å². The Hall–Kier alpha value is -1.40. The Balaban J connectivity index is 1.93. The van der Waals surface area contributed by atoms with Crippen LogP contribution in [0.4, 0.5) is 5.69 Å². The summed E-state index contributed by atoms with van der Waals surface area (Å²) in [5.74, 6) is -0.373. The van der Waals surface area contributed by atoms with Gasteiger partial charge in [0.2, 0.25) is 11.8 Å². The molecule has 1 saturated heterocycles. The second kappa shape index (κ2) is 5.49. The van der Waals surface area contributed by atoms with Crippen molar-refractivity contribution >= 4 is 45.8 Å². The number of benzene rings is 1. The molecule has 1 aliphatic rings. The third-order valence-corrected chi connectivity index (χ3v) is 3.81. The number of aryl methyl sites for hydroxylation is 1. The van der Waals surface area contributed by atoms with Crippen molar-refractivity contribution in [2.24, 2.45) is 0 Å². The molecule has 4 nitrogen and oxygen atoms in total. The molecule has 1 atom stereocenters. The Morgan fingerprint density at radius 2 is 2.33 bits per heavy atom. The van der Waals surface area contributed by atoms with Crippen molar-refractivity contribution < 1.29 is 9.59 Å². The average molecular weight is 280 g/mol. The monoisotopic (exact) mass is 280 g/mol. The summed E-state index contributed by atoms with van der Waals surface area (Å²) in [5.41, 5.74) is 1.81. The molecule has 0 saturated carbocycles. The Morgan fingerprint density at radius 3 is 2.94 bits per heavy atom. The number of amides is 2. The van der Waals surface area contributed by atoms with E-state index in [1.54, 1.807) is 0 Å². The van der Waals surface area contributed by atoms with Crippen LogP contribution in [-0.2, 0) is 9.59 Å². The van der Waals surface area contributed by atoms with Gasteiger partial charge in [0.15, 0.2) is 0 Å². The topological polar surface area (TPSA) is 58.2 Å². The van der Waals surface area contributed by atoms with E-state index in [-0.39, 0.29) is 18.2 Å². The average Bonchev–Trinajstić information content (AvgIpc) is 2.57. The van der Waals surface area contributed by atoms with Crippen LogP contribution in [0.25, 0.3) is 0 Å². The summed E-state index contributed by atoms with van der Waals surface area (Å²) in [6, 6.07) is 7.52. The Labute approximate surface area is 115 Å². The third-order valence-electron chi connectivity index (χ3n) is 2.44. The molecule has 2 N–H and O–H groups in total. The first-order valence-corrected chi connectivity index (χ1v) is 6.71. The Morgan fingerprint density at radius 1 is 1.56 bits per heavy atom. The summed E-state index contributed by atoms with van der Waals surface area (Å²) in [7, 11) is 0. The molecule has 6 heteroatoms. The standard InChI is InChI=1S/C12H12N2O2S2/c1-7-3-2-4-8(5-7)13-10(15)6-9-11(16)14-12(17)18-9/h2-5,9H,6H2,1H3,(H,13,15)(H,14,16,17)/t9-/m0/s1. The van der Waals surface area contributed by atoms with Gasteiger partial charge in [-0.05, 0) is 24.6 Å². The largest absolute Gasteiger partial charge is 0.326 e. The van der Waals surface area contributed by atoms with Gasteiger partial charge in [0.05, 0.1) is 5.25 Å². The zero-order valence-electron chi connectivity index (χ0n) is 9.73. The molecule has 0 aliphatic carbocycles. The fourth-order valence-electron chi connectivity index (χ4n) is 1.63. The minimum atomic E-state index is -0.415. The molecule has 0 aromatic heterocycles. The lowest BCUT2D eigenvalue weighted by Gasteiger charge is -2.07. The van der Waals surface area contributed by atoms with E-state index in [1.807, 2.05) is 31.2 Å². The van der Waals surface area contributed by atoms with Crippen molar-refractivity contribution in [2.45, 2.75) is 18.6 Å². The fraction of sp³-hybridized carbons (Fsp3) is 0.250. The zero-order chi connectivity index (χ0) is 13.1. The van der Waals surface area contributed by atoms with Crippen LogP contribution < -0.4 is 10.6 Å².